The van der Waals surface area contributed by atoms with E-state index < -0.39 is 11.4 Å². The van der Waals surface area contributed by atoms with Crippen molar-refractivity contribution in [1.29, 1.82) is 0 Å². The minimum atomic E-state index is -0.672. The predicted octanol–water partition coefficient (Wildman–Crippen LogP) is 8.98. The Hall–Kier alpha value is -2.44. The molecule has 2 N–H and O–H groups in total. The number of carboxylic acid groups (broad SMARTS) is 1. The highest BCUT2D eigenvalue weighted by atomic mass is 16.5. The molecule has 6 nitrogen and oxygen atoms in total. The molecule has 7 atom stereocenters. The first kappa shape index (κ1) is 33.7. The highest BCUT2D eigenvalue weighted by Gasteiger charge is 2.70. The third-order valence-electron chi connectivity index (χ3n) is 16.4. The van der Waals surface area contributed by atoms with Gasteiger partial charge in [-0.3, -0.25) is 14.8 Å². The number of H-pyrrole nitrogens is 1. The molecule has 49 heavy (non-hydrogen) atoms. The number of aromatic nitrogens is 2. The highest BCUT2D eigenvalue weighted by molar-refractivity contribution is 5.81. The van der Waals surface area contributed by atoms with Crippen molar-refractivity contribution in [2.75, 3.05) is 26.3 Å². The number of rotatable bonds is 4. The molecule has 0 radical (unpaired) electrons. The van der Waals surface area contributed by atoms with Crippen LogP contribution in [0.1, 0.15) is 128 Å². The lowest BCUT2D eigenvalue weighted by Crippen LogP contribution is -2.65. The second-order valence-electron chi connectivity index (χ2n) is 19.5. The van der Waals surface area contributed by atoms with Crippen molar-refractivity contribution in [1.82, 2.24) is 15.1 Å². The molecule has 2 aromatic rings. The van der Waals surface area contributed by atoms with Crippen LogP contribution in [0.3, 0.4) is 0 Å². The maximum absolute atomic E-state index is 13.6. The van der Waals surface area contributed by atoms with Crippen molar-refractivity contribution >= 4 is 11.5 Å². The summed E-state index contributed by atoms with van der Waals surface area (Å²) in [6, 6.07) is 9.22. The summed E-state index contributed by atoms with van der Waals surface area (Å²) in [5.41, 5.74) is 9.36. The van der Waals surface area contributed by atoms with Gasteiger partial charge in [0.15, 0.2) is 0 Å². The van der Waals surface area contributed by atoms with Gasteiger partial charge in [0.1, 0.15) is 0 Å². The van der Waals surface area contributed by atoms with Crippen LogP contribution in [0.4, 0.5) is 0 Å². The normalized spacial score (nSPS) is 39.6. The number of benzene rings is 1. The summed E-state index contributed by atoms with van der Waals surface area (Å²) in [4.78, 5) is 16.2. The fourth-order valence-electron chi connectivity index (χ4n) is 13.5. The van der Waals surface area contributed by atoms with Crippen LogP contribution in [0.5, 0.6) is 0 Å². The Bertz CT molecular complexity index is 1700. The van der Waals surface area contributed by atoms with E-state index in [1.54, 1.807) is 5.57 Å². The van der Waals surface area contributed by atoms with Crippen molar-refractivity contribution in [2.24, 2.45) is 44.8 Å². The van der Waals surface area contributed by atoms with Gasteiger partial charge < -0.3 is 9.84 Å². The van der Waals surface area contributed by atoms with E-state index in [2.05, 4.69) is 89.7 Å². The number of hydrogen-bond acceptors (Lipinski definition) is 4. The highest BCUT2D eigenvalue weighted by Crippen LogP contribution is 2.77. The maximum Gasteiger partial charge on any atom is 0.310 e. The van der Waals surface area contributed by atoms with Crippen molar-refractivity contribution in [3.05, 3.63) is 57.9 Å². The van der Waals surface area contributed by atoms with Crippen LogP contribution in [0.25, 0.3) is 5.57 Å². The predicted molar refractivity (Wildman–Crippen MR) is 195 cm³/mol. The van der Waals surface area contributed by atoms with E-state index in [-0.39, 0.29) is 33.0 Å². The van der Waals surface area contributed by atoms with Gasteiger partial charge in [0.2, 0.25) is 0 Å². The Morgan fingerprint density at radius 3 is 2.43 bits per heavy atom. The van der Waals surface area contributed by atoms with E-state index in [0.717, 1.165) is 77.8 Å². The zero-order chi connectivity index (χ0) is 34.8. The molecule has 1 aliphatic heterocycles. The van der Waals surface area contributed by atoms with Gasteiger partial charge in [-0.15, -0.1) is 0 Å². The first-order chi connectivity index (χ1) is 23.1. The van der Waals surface area contributed by atoms with E-state index in [4.69, 9.17) is 9.84 Å². The van der Waals surface area contributed by atoms with Gasteiger partial charge in [-0.05, 0) is 126 Å². The quantitative estimate of drug-likeness (QED) is 0.340. The molecule has 6 aliphatic rings. The monoisotopic (exact) mass is 667 g/mol. The van der Waals surface area contributed by atoms with Gasteiger partial charge in [-0.1, -0.05) is 78.3 Å². The molecule has 1 aromatic heterocycles. The Morgan fingerprint density at radius 1 is 0.980 bits per heavy atom. The van der Waals surface area contributed by atoms with Crippen molar-refractivity contribution in [3.8, 4) is 0 Å². The summed E-state index contributed by atoms with van der Waals surface area (Å²) >= 11 is 0. The molecule has 8 rings (SSSR count). The van der Waals surface area contributed by atoms with Gasteiger partial charge in [0.25, 0.3) is 0 Å². The number of hydrogen-bond donors (Lipinski definition) is 2. The molecule has 0 bridgehead atoms. The minimum Gasteiger partial charge on any atom is -0.481 e. The molecule has 266 valence electrons. The number of nitrogens with zero attached hydrogens (tertiary/aromatic N) is 2. The average molecular weight is 668 g/mol. The van der Waals surface area contributed by atoms with E-state index in [1.807, 2.05) is 0 Å². The number of carbonyl (C=O) groups is 1. The zero-order valence-corrected chi connectivity index (χ0v) is 31.6. The molecule has 0 amide bonds. The smallest absolute Gasteiger partial charge is 0.310 e. The molecule has 0 spiro atoms. The van der Waals surface area contributed by atoms with Crippen LogP contribution in [0.15, 0.2) is 29.8 Å². The SMILES string of the molecule is Cc1[nH]nc2c1C[C@]1(C)C3CC(c4ccccc4CN4CCOCC4)=C4[C@@H]5CC(C)(C)CC[C@]5(C(=O)O)CC[C@@]4(C)[C@]3(C)CC[C@H]1C2(C)C. The number of ether oxygens (including phenoxy) is 1. The number of allylic oxidation sites excluding steroid dienone is 2. The van der Waals surface area contributed by atoms with Crippen molar-refractivity contribution in [2.45, 2.75) is 125 Å². The van der Waals surface area contributed by atoms with E-state index in [1.165, 1.54) is 46.5 Å². The van der Waals surface area contributed by atoms with Gasteiger partial charge in [0.05, 0.1) is 24.3 Å². The molecular formula is C43H61N3O3. The Morgan fingerprint density at radius 2 is 1.69 bits per heavy atom. The van der Waals surface area contributed by atoms with Gasteiger partial charge in [-0.2, -0.15) is 5.10 Å². The summed E-state index contributed by atoms with van der Waals surface area (Å²) in [6.45, 7) is 24.3. The summed E-state index contributed by atoms with van der Waals surface area (Å²) in [6.07, 6.45) is 9.00. The van der Waals surface area contributed by atoms with Gasteiger partial charge >= 0.3 is 5.97 Å². The van der Waals surface area contributed by atoms with Gasteiger partial charge in [-0.25, -0.2) is 0 Å². The Kier molecular flexibility index (Phi) is 7.58. The lowest BCUT2D eigenvalue weighted by Gasteiger charge is -2.71. The Balaban J connectivity index is 1.36. The molecule has 1 saturated heterocycles. The van der Waals surface area contributed by atoms with Crippen LogP contribution in [-0.2, 0) is 27.9 Å². The first-order valence-corrected chi connectivity index (χ1v) is 19.5. The van der Waals surface area contributed by atoms with Crippen LogP contribution in [0, 0.1) is 51.8 Å². The maximum atomic E-state index is 13.6. The Labute approximate surface area is 294 Å². The number of aryl methyl sites for hydroxylation is 1. The number of aliphatic carboxylic acids is 1. The number of nitrogens with one attached hydrogen (secondary N) is 1. The van der Waals surface area contributed by atoms with Crippen LogP contribution >= 0.6 is 0 Å². The molecule has 1 unspecified atom stereocenters. The topological polar surface area (TPSA) is 78.5 Å². The fraction of sp³-hybridized carbons (Fsp3) is 0.721. The van der Waals surface area contributed by atoms with Crippen molar-refractivity contribution < 1.29 is 14.6 Å². The lowest BCUT2D eigenvalue weighted by molar-refractivity contribution is -0.175. The molecular weight excluding hydrogens is 606 g/mol. The molecule has 6 heteroatoms. The second-order valence-corrected chi connectivity index (χ2v) is 19.5. The van der Waals surface area contributed by atoms with Crippen molar-refractivity contribution in [3.63, 3.8) is 0 Å². The second kappa shape index (κ2) is 11.0. The number of morpholine rings is 1. The summed E-state index contributed by atoms with van der Waals surface area (Å²) < 4.78 is 5.74. The van der Waals surface area contributed by atoms with Gasteiger partial charge in [0, 0.05) is 30.7 Å². The summed E-state index contributed by atoms with van der Waals surface area (Å²) in [5, 5.41) is 19.5. The molecule has 1 aromatic carbocycles. The summed E-state index contributed by atoms with van der Waals surface area (Å²) in [7, 11) is 0. The minimum absolute atomic E-state index is 0.00779. The standard InChI is InChI=1S/C43H61N3O3/c1-27-31-24-40(6)33(39(4,5)36(31)45-44-27)13-14-41(7)34(40)23-30(29-12-10-9-11-28(29)26-46-19-21-49-22-20-46)35-32-25-38(2,3)15-17-43(32,37(47)48)18-16-42(35,41)8/h9-12,32-34H,13-26H2,1-8H3,(H,44,45)(H,47,48)/t32-,33-,34?,40-,41+,42+,43-/m0/s1. The largest absolute Gasteiger partial charge is 0.481 e. The first-order valence-electron chi connectivity index (χ1n) is 19.5. The van der Waals surface area contributed by atoms with Crippen LogP contribution in [-0.4, -0.2) is 52.5 Å². The molecule has 5 aliphatic carbocycles. The van der Waals surface area contributed by atoms with Crippen LogP contribution in [0.2, 0.25) is 0 Å². The molecule has 4 fully saturated rings. The van der Waals surface area contributed by atoms with E-state index in [9.17, 15) is 9.90 Å². The third kappa shape index (κ3) is 4.64. The van der Waals surface area contributed by atoms with E-state index in [0.29, 0.717) is 11.8 Å². The third-order valence-corrected chi connectivity index (χ3v) is 16.4. The average Bonchev–Trinajstić information content (AvgIpc) is 3.42. The lowest BCUT2D eigenvalue weighted by atomic mass is 9.32. The molecule has 3 saturated carbocycles. The van der Waals surface area contributed by atoms with E-state index >= 15 is 0 Å². The number of aromatic amines is 1. The van der Waals surface area contributed by atoms with Crippen LogP contribution < -0.4 is 0 Å². The summed E-state index contributed by atoms with van der Waals surface area (Å²) in [5.74, 6) is 0.532. The zero-order valence-electron chi connectivity index (χ0n) is 31.6. The molecule has 2 heterocycles. The number of carboxylic acids is 1. The number of fused-ring (bicyclic) bond motifs is 8. The fourth-order valence-corrected chi connectivity index (χ4v) is 13.5.